The lowest BCUT2D eigenvalue weighted by Gasteiger charge is -2.14. The molecule has 0 saturated heterocycles. The van der Waals surface area contributed by atoms with Crippen molar-refractivity contribution in [3.8, 4) is 0 Å². The molecule has 0 aliphatic carbocycles. The van der Waals surface area contributed by atoms with Crippen LogP contribution in [0.25, 0.3) is 0 Å². The van der Waals surface area contributed by atoms with Crippen LogP contribution in [0.1, 0.15) is 17.2 Å². The second-order valence-corrected chi connectivity index (χ2v) is 3.70. The van der Waals surface area contributed by atoms with Crippen LogP contribution in [0.4, 0.5) is 14.5 Å². The van der Waals surface area contributed by atoms with E-state index in [-0.39, 0.29) is 16.8 Å². The molecule has 0 bridgehead atoms. The van der Waals surface area contributed by atoms with Crippen molar-refractivity contribution in [3.05, 3.63) is 65.2 Å². The van der Waals surface area contributed by atoms with Gasteiger partial charge in [0.05, 0.1) is 0 Å². The molecule has 0 aliphatic heterocycles. The van der Waals surface area contributed by atoms with Crippen molar-refractivity contribution >= 4 is 5.69 Å². The van der Waals surface area contributed by atoms with Gasteiger partial charge in [-0.3, -0.25) is 0 Å². The summed E-state index contributed by atoms with van der Waals surface area (Å²) in [5, 5.41) is 10.0. The van der Waals surface area contributed by atoms with Crippen molar-refractivity contribution in [2.45, 2.75) is 6.10 Å². The van der Waals surface area contributed by atoms with Gasteiger partial charge in [0.25, 0.3) is 0 Å². The van der Waals surface area contributed by atoms with Gasteiger partial charge in [-0.15, -0.1) is 0 Å². The van der Waals surface area contributed by atoms with E-state index in [0.717, 1.165) is 6.07 Å². The summed E-state index contributed by atoms with van der Waals surface area (Å²) in [5.41, 5.74) is 6.09. The van der Waals surface area contributed by atoms with E-state index in [0.29, 0.717) is 0 Å². The highest BCUT2D eigenvalue weighted by molar-refractivity contribution is 5.50. The maximum Gasteiger partial charge on any atom is 0.129 e. The molecule has 1 unspecified atom stereocenters. The van der Waals surface area contributed by atoms with E-state index in [1.54, 1.807) is 6.07 Å². The number of aliphatic hydroxyl groups excluding tert-OH is 1. The number of halogens is 2. The molecule has 0 spiro atoms. The summed E-state index contributed by atoms with van der Waals surface area (Å²) in [6, 6.07) is 9.47. The first-order chi connectivity index (χ1) is 8.09. The third-order valence-corrected chi connectivity index (χ3v) is 2.54. The lowest BCUT2D eigenvalue weighted by molar-refractivity contribution is 0.215. The minimum Gasteiger partial charge on any atom is -0.398 e. The number of hydrogen-bond acceptors (Lipinski definition) is 2. The zero-order valence-electron chi connectivity index (χ0n) is 8.90. The number of rotatable bonds is 2. The molecule has 2 aromatic rings. The van der Waals surface area contributed by atoms with Gasteiger partial charge < -0.3 is 10.8 Å². The predicted octanol–water partition coefficient (Wildman–Crippen LogP) is 2.63. The molecule has 0 aliphatic rings. The fourth-order valence-corrected chi connectivity index (χ4v) is 1.66. The zero-order chi connectivity index (χ0) is 12.4. The minimum atomic E-state index is -1.20. The minimum absolute atomic E-state index is 0.0979. The van der Waals surface area contributed by atoms with Crippen LogP contribution in [0.5, 0.6) is 0 Å². The number of anilines is 1. The Kier molecular flexibility index (Phi) is 3.06. The summed E-state index contributed by atoms with van der Waals surface area (Å²) in [6.07, 6.45) is -1.20. The van der Waals surface area contributed by atoms with Gasteiger partial charge in [-0.2, -0.15) is 0 Å². The van der Waals surface area contributed by atoms with Crippen molar-refractivity contribution in [2.75, 3.05) is 5.73 Å². The summed E-state index contributed by atoms with van der Waals surface area (Å²) in [7, 11) is 0. The molecule has 2 rings (SSSR count). The molecule has 0 fully saturated rings. The standard InChI is InChI=1S/C13H11F2NO/c14-8-5-6-10(12(16)7-8)13(17)9-3-1-2-4-11(9)15/h1-7,13,17H,16H2. The number of hydrogen-bond donors (Lipinski definition) is 2. The third kappa shape index (κ3) is 2.26. The highest BCUT2D eigenvalue weighted by atomic mass is 19.1. The van der Waals surface area contributed by atoms with Crippen LogP contribution in [0.2, 0.25) is 0 Å². The zero-order valence-corrected chi connectivity index (χ0v) is 8.90. The van der Waals surface area contributed by atoms with Crippen LogP contribution < -0.4 is 5.73 Å². The molecule has 2 nitrogen and oxygen atoms in total. The van der Waals surface area contributed by atoms with E-state index in [1.807, 2.05) is 0 Å². The highest BCUT2D eigenvalue weighted by Gasteiger charge is 2.17. The fraction of sp³-hybridized carbons (Fsp3) is 0.0769. The van der Waals surface area contributed by atoms with Gasteiger partial charge in [-0.1, -0.05) is 24.3 Å². The SMILES string of the molecule is Nc1cc(F)ccc1C(O)c1ccccc1F. The van der Waals surface area contributed by atoms with Crippen molar-refractivity contribution in [1.29, 1.82) is 0 Å². The Hall–Kier alpha value is -1.94. The third-order valence-electron chi connectivity index (χ3n) is 2.54. The predicted molar refractivity (Wildman–Crippen MR) is 61.3 cm³/mol. The molecule has 0 radical (unpaired) electrons. The molecule has 1 atom stereocenters. The Morgan fingerprint density at radius 1 is 1.00 bits per heavy atom. The number of nitrogens with two attached hydrogens (primary N) is 1. The molecular weight excluding hydrogens is 224 g/mol. The van der Waals surface area contributed by atoms with Crippen LogP contribution >= 0.6 is 0 Å². The van der Waals surface area contributed by atoms with Crippen LogP contribution in [-0.2, 0) is 0 Å². The normalized spacial score (nSPS) is 12.4. The van der Waals surface area contributed by atoms with Gasteiger partial charge in [0, 0.05) is 16.8 Å². The fourth-order valence-electron chi connectivity index (χ4n) is 1.66. The van der Waals surface area contributed by atoms with E-state index >= 15 is 0 Å². The Bertz CT molecular complexity index is 543. The molecular formula is C13H11F2NO. The average Bonchev–Trinajstić information content (AvgIpc) is 2.29. The van der Waals surface area contributed by atoms with Crippen LogP contribution in [-0.4, -0.2) is 5.11 Å². The molecule has 17 heavy (non-hydrogen) atoms. The Labute approximate surface area is 97.3 Å². The first-order valence-electron chi connectivity index (χ1n) is 5.07. The Morgan fingerprint density at radius 3 is 2.35 bits per heavy atom. The van der Waals surface area contributed by atoms with Gasteiger partial charge >= 0.3 is 0 Å². The molecule has 0 heterocycles. The Morgan fingerprint density at radius 2 is 1.71 bits per heavy atom. The first-order valence-corrected chi connectivity index (χ1v) is 5.07. The monoisotopic (exact) mass is 235 g/mol. The molecule has 2 aromatic carbocycles. The molecule has 0 aromatic heterocycles. The van der Waals surface area contributed by atoms with Gasteiger partial charge in [0.15, 0.2) is 0 Å². The van der Waals surface area contributed by atoms with Crippen molar-refractivity contribution in [2.24, 2.45) is 0 Å². The number of benzene rings is 2. The van der Waals surface area contributed by atoms with E-state index in [2.05, 4.69) is 0 Å². The van der Waals surface area contributed by atoms with Gasteiger partial charge in [0.2, 0.25) is 0 Å². The first kappa shape index (κ1) is 11.5. The Balaban J connectivity index is 2.44. The van der Waals surface area contributed by atoms with E-state index in [9.17, 15) is 13.9 Å². The van der Waals surface area contributed by atoms with E-state index in [4.69, 9.17) is 5.73 Å². The average molecular weight is 235 g/mol. The van der Waals surface area contributed by atoms with Crippen molar-refractivity contribution < 1.29 is 13.9 Å². The summed E-state index contributed by atoms with van der Waals surface area (Å²) in [4.78, 5) is 0. The maximum absolute atomic E-state index is 13.5. The smallest absolute Gasteiger partial charge is 0.129 e. The van der Waals surface area contributed by atoms with Gasteiger partial charge in [-0.25, -0.2) is 8.78 Å². The van der Waals surface area contributed by atoms with E-state index < -0.39 is 17.7 Å². The summed E-state index contributed by atoms with van der Waals surface area (Å²) in [5.74, 6) is -1.02. The summed E-state index contributed by atoms with van der Waals surface area (Å²) in [6.45, 7) is 0. The second kappa shape index (κ2) is 4.51. The van der Waals surface area contributed by atoms with Crippen molar-refractivity contribution in [1.82, 2.24) is 0 Å². The summed E-state index contributed by atoms with van der Waals surface area (Å²) >= 11 is 0. The highest BCUT2D eigenvalue weighted by Crippen LogP contribution is 2.28. The van der Waals surface area contributed by atoms with Crippen LogP contribution in [0, 0.1) is 11.6 Å². The lowest BCUT2D eigenvalue weighted by Crippen LogP contribution is -2.06. The summed E-state index contributed by atoms with van der Waals surface area (Å²) < 4.78 is 26.3. The van der Waals surface area contributed by atoms with Crippen molar-refractivity contribution in [3.63, 3.8) is 0 Å². The topological polar surface area (TPSA) is 46.2 Å². The van der Waals surface area contributed by atoms with Gasteiger partial charge in [0.1, 0.15) is 17.7 Å². The molecule has 4 heteroatoms. The van der Waals surface area contributed by atoms with Gasteiger partial charge in [-0.05, 0) is 18.2 Å². The second-order valence-electron chi connectivity index (χ2n) is 3.70. The number of aliphatic hydroxyl groups is 1. The van der Waals surface area contributed by atoms with Crippen LogP contribution in [0.15, 0.2) is 42.5 Å². The molecule has 0 saturated carbocycles. The molecule has 3 N–H and O–H groups in total. The molecule has 0 amide bonds. The lowest BCUT2D eigenvalue weighted by atomic mass is 9.99. The largest absolute Gasteiger partial charge is 0.398 e. The molecule has 88 valence electrons. The van der Waals surface area contributed by atoms with E-state index in [1.165, 1.54) is 30.3 Å². The quantitative estimate of drug-likeness (QED) is 0.786. The van der Waals surface area contributed by atoms with Crippen LogP contribution in [0.3, 0.4) is 0 Å². The maximum atomic E-state index is 13.5. The number of nitrogen functional groups attached to an aromatic ring is 1.